The lowest BCUT2D eigenvalue weighted by Crippen LogP contribution is -2.39. The lowest BCUT2D eigenvalue weighted by molar-refractivity contribution is -0.151. The van der Waals surface area contributed by atoms with Crippen molar-refractivity contribution in [2.75, 3.05) is 6.61 Å². The summed E-state index contributed by atoms with van der Waals surface area (Å²) in [6.07, 6.45) is 0.924. The van der Waals surface area contributed by atoms with E-state index in [0.29, 0.717) is 19.4 Å². The van der Waals surface area contributed by atoms with Crippen molar-refractivity contribution in [2.24, 2.45) is 5.41 Å². The van der Waals surface area contributed by atoms with E-state index in [1.165, 1.54) is 0 Å². The smallest absolute Gasteiger partial charge is 0.312 e. The Labute approximate surface area is 95.0 Å². The third kappa shape index (κ3) is 1.83. The molecule has 86 valence electrons. The Kier molecular flexibility index (Phi) is 2.97. The predicted octanol–water partition coefficient (Wildman–Crippen LogP) is 2.11. The van der Waals surface area contributed by atoms with Crippen molar-refractivity contribution in [1.29, 1.82) is 0 Å². The van der Waals surface area contributed by atoms with Gasteiger partial charge < -0.3 is 9.84 Å². The predicted molar refractivity (Wildman–Crippen MR) is 60.2 cm³/mol. The quantitative estimate of drug-likeness (QED) is 0.848. The van der Waals surface area contributed by atoms with Crippen LogP contribution >= 0.6 is 0 Å². The molecule has 3 nitrogen and oxygen atoms in total. The summed E-state index contributed by atoms with van der Waals surface area (Å²) in [6, 6.07) is 9.74. The molecule has 16 heavy (non-hydrogen) atoms. The van der Waals surface area contributed by atoms with Gasteiger partial charge in [-0.15, -0.1) is 0 Å². The van der Waals surface area contributed by atoms with Crippen LogP contribution < -0.4 is 0 Å². The standard InChI is InChI=1S/C13H16O3/c1-10-13(12(14)15,7-8-16-10)9-11-5-3-2-4-6-11/h2-6,10H,7-9H2,1H3,(H,14,15). The fourth-order valence-corrected chi connectivity index (χ4v) is 2.33. The van der Waals surface area contributed by atoms with Gasteiger partial charge in [-0.25, -0.2) is 0 Å². The van der Waals surface area contributed by atoms with Gasteiger partial charge in [0.2, 0.25) is 0 Å². The third-order valence-corrected chi connectivity index (χ3v) is 3.48. The number of carboxylic acid groups (broad SMARTS) is 1. The van der Waals surface area contributed by atoms with Gasteiger partial charge >= 0.3 is 5.97 Å². The van der Waals surface area contributed by atoms with Gasteiger partial charge in [-0.1, -0.05) is 30.3 Å². The number of aliphatic carboxylic acids is 1. The number of hydrogen-bond acceptors (Lipinski definition) is 2. The van der Waals surface area contributed by atoms with Crippen molar-refractivity contribution in [3.8, 4) is 0 Å². The summed E-state index contributed by atoms with van der Waals surface area (Å²) in [4.78, 5) is 11.5. The first kappa shape index (κ1) is 11.1. The average Bonchev–Trinajstić information content (AvgIpc) is 2.63. The van der Waals surface area contributed by atoms with Crippen LogP contribution in [0, 0.1) is 5.41 Å². The highest BCUT2D eigenvalue weighted by molar-refractivity contribution is 5.76. The molecule has 3 heteroatoms. The molecular weight excluding hydrogens is 204 g/mol. The van der Waals surface area contributed by atoms with Crippen molar-refractivity contribution in [2.45, 2.75) is 25.9 Å². The van der Waals surface area contributed by atoms with Crippen LogP contribution in [0.15, 0.2) is 30.3 Å². The van der Waals surface area contributed by atoms with Gasteiger partial charge in [0.1, 0.15) is 0 Å². The van der Waals surface area contributed by atoms with E-state index in [9.17, 15) is 9.90 Å². The molecule has 1 N–H and O–H groups in total. The normalized spacial score (nSPS) is 29.2. The summed E-state index contributed by atoms with van der Waals surface area (Å²) >= 11 is 0. The molecule has 2 unspecified atom stereocenters. The molecule has 1 aliphatic heterocycles. The van der Waals surface area contributed by atoms with Crippen LogP contribution in [-0.2, 0) is 16.0 Å². The zero-order valence-corrected chi connectivity index (χ0v) is 9.35. The SMILES string of the molecule is CC1OCCC1(Cc1ccccc1)C(=O)O. The van der Waals surface area contributed by atoms with Crippen molar-refractivity contribution < 1.29 is 14.6 Å². The lowest BCUT2D eigenvalue weighted by atomic mass is 9.76. The molecule has 0 amide bonds. The van der Waals surface area contributed by atoms with Crippen LogP contribution in [-0.4, -0.2) is 23.8 Å². The molecule has 0 aromatic heterocycles. The topological polar surface area (TPSA) is 46.5 Å². The molecule has 1 heterocycles. The highest BCUT2D eigenvalue weighted by Crippen LogP contribution is 2.38. The van der Waals surface area contributed by atoms with E-state index in [0.717, 1.165) is 5.56 Å². The van der Waals surface area contributed by atoms with Crippen molar-refractivity contribution in [3.63, 3.8) is 0 Å². The molecule has 2 rings (SSSR count). The molecular formula is C13H16O3. The second-order valence-corrected chi connectivity index (χ2v) is 4.39. The second-order valence-electron chi connectivity index (χ2n) is 4.39. The molecule has 2 atom stereocenters. The molecule has 0 bridgehead atoms. The summed E-state index contributed by atoms with van der Waals surface area (Å²) in [5.74, 6) is -0.749. The fourth-order valence-electron chi connectivity index (χ4n) is 2.33. The van der Waals surface area contributed by atoms with E-state index in [1.807, 2.05) is 37.3 Å². The molecule has 1 aromatic rings. The molecule has 0 spiro atoms. The number of carboxylic acids is 1. The maximum Gasteiger partial charge on any atom is 0.312 e. The monoisotopic (exact) mass is 220 g/mol. The van der Waals surface area contributed by atoms with E-state index in [1.54, 1.807) is 0 Å². The van der Waals surface area contributed by atoms with Crippen LogP contribution in [0.2, 0.25) is 0 Å². The van der Waals surface area contributed by atoms with Crippen molar-refractivity contribution >= 4 is 5.97 Å². The van der Waals surface area contributed by atoms with E-state index in [2.05, 4.69) is 0 Å². The molecule has 0 radical (unpaired) electrons. The van der Waals surface area contributed by atoms with Gasteiger partial charge in [-0.2, -0.15) is 0 Å². The van der Waals surface area contributed by atoms with Crippen LogP contribution in [0.25, 0.3) is 0 Å². The Morgan fingerprint density at radius 1 is 1.50 bits per heavy atom. The highest BCUT2D eigenvalue weighted by atomic mass is 16.5. The third-order valence-electron chi connectivity index (χ3n) is 3.48. The maximum atomic E-state index is 11.5. The molecule has 1 aromatic carbocycles. The summed E-state index contributed by atoms with van der Waals surface area (Å²) in [6.45, 7) is 2.39. The van der Waals surface area contributed by atoms with E-state index in [4.69, 9.17) is 4.74 Å². The average molecular weight is 220 g/mol. The van der Waals surface area contributed by atoms with Crippen molar-refractivity contribution in [3.05, 3.63) is 35.9 Å². The number of hydrogen-bond donors (Lipinski definition) is 1. The first-order valence-corrected chi connectivity index (χ1v) is 5.54. The van der Waals surface area contributed by atoms with Crippen LogP contribution in [0.4, 0.5) is 0 Å². The molecule has 1 aliphatic rings. The van der Waals surface area contributed by atoms with Crippen LogP contribution in [0.1, 0.15) is 18.9 Å². The highest BCUT2D eigenvalue weighted by Gasteiger charge is 2.48. The Bertz CT molecular complexity index is 374. The van der Waals surface area contributed by atoms with Gasteiger partial charge in [-0.3, -0.25) is 4.79 Å². The number of rotatable bonds is 3. The summed E-state index contributed by atoms with van der Waals surface area (Å²) in [5.41, 5.74) is 0.309. The number of benzene rings is 1. The van der Waals surface area contributed by atoms with Crippen LogP contribution in [0.3, 0.4) is 0 Å². The summed E-state index contributed by atoms with van der Waals surface area (Å²) in [5, 5.41) is 9.42. The van der Waals surface area contributed by atoms with Gasteiger partial charge in [0.05, 0.1) is 11.5 Å². The van der Waals surface area contributed by atoms with Gasteiger partial charge in [0, 0.05) is 6.61 Å². The lowest BCUT2D eigenvalue weighted by Gasteiger charge is -2.27. The van der Waals surface area contributed by atoms with Crippen molar-refractivity contribution in [1.82, 2.24) is 0 Å². The summed E-state index contributed by atoms with van der Waals surface area (Å²) in [7, 11) is 0. The Balaban J connectivity index is 2.25. The molecule has 1 fully saturated rings. The molecule has 1 saturated heterocycles. The number of carbonyl (C=O) groups is 1. The van der Waals surface area contributed by atoms with E-state index < -0.39 is 11.4 Å². The Morgan fingerprint density at radius 2 is 2.19 bits per heavy atom. The Hall–Kier alpha value is -1.35. The van der Waals surface area contributed by atoms with Crippen LogP contribution in [0.5, 0.6) is 0 Å². The minimum Gasteiger partial charge on any atom is -0.481 e. The van der Waals surface area contributed by atoms with E-state index in [-0.39, 0.29) is 6.10 Å². The largest absolute Gasteiger partial charge is 0.481 e. The van der Waals surface area contributed by atoms with Gasteiger partial charge in [0.15, 0.2) is 0 Å². The fraction of sp³-hybridized carbons (Fsp3) is 0.462. The second kappa shape index (κ2) is 4.26. The number of ether oxygens (including phenoxy) is 1. The Morgan fingerprint density at radius 3 is 2.69 bits per heavy atom. The van der Waals surface area contributed by atoms with Gasteiger partial charge in [-0.05, 0) is 25.3 Å². The molecule has 0 saturated carbocycles. The first-order valence-electron chi connectivity index (χ1n) is 5.54. The summed E-state index contributed by atoms with van der Waals surface area (Å²) < 4.78 is 5.42. The van der Waals surface area contributed by atoms with Gasteiger partial charge in [0.25, 0.3) is 0 Å². The zero-order valence-electron chi connectivity index (χ0n) is 9.35. The maximum absolute atomic E-state index is 11.5. The first-order chi connectivity index (χ1) is 7.65. The molecule has 0 aliphatic carbocycles. The minimum atomic E-state index is -0.749. The van der Waals surface area contributed by atoms with E-state index >= 15 is 0 Å². The zero-order chi connectivity index (χ0) is 11.6. The minimum absolute atomic E-state index is 0.217.